The van der Waals surface area contributed by atoms with Gasteiger partial charge in [-0.3, -0.25) is 0 Å². The fourth-order valence-electron chi connectivity index (χ4n) is 1.32. The highest BCUT2D eigenvalue weighted by molar-refractivity contribution is 7.80. The van der Waals surface area contributed by atoms with Gasteiger partial charge < -0.3 is 10.2 Å². The van der Waals surface area contributed by atoms with Crippen LogP contribution in [0.1, 0.15) is 26.7 Å². The summed E-state index contributed by atoms with van der Waals surface area (Å²) in [6, 6.07) is 0.729. The van der Waals surface area contributed by atoms with Gasteiger partial charge in [-0.05, 0) is 31.0 Å². The number of hydrogen-bond acceptors (Lipinski definition) is 1. The average Bonchev–Trinajstić information content (AvgIpc) is 2.81. The molecule has 0 aromatic carbocycles. The van der Waals surface area contributed by atoms with Crippen LogP contribution in [0.2, 0.25) is 0 Å². The number of hydrogen-bond donors (Lipinski definition) is 1. The normalized spacial score (nSPS) is 16.3. The molecule has 0 heterocycles. The van der Waals surface area contributed by atoms with Crippen LogP contribution in [-0.4, -0.2) is 29.6 Å². The highest BCUT2D eigenvalue weighted by Crippen LogP contribution is 2.27. The molecule has 12 heavy (non-hydrogen) atoms. The van der Waals surface area contributed by atoms with Gasteiger partial charge in [-0.25, -0.2) is 0 Å². The third-order valence-electron chi connectivity index (χ3n) is 2.02. The van der Waals surface area contributed by atoms with Crippen molar-refractivity contribution >= 4 is 17.3 Å². The van der Waals surface area contributed by atoms with Crippen molar-refractivity contribution in [3.05, 3.63) is 0 Å². The molecule has 0 atom stereocenters. The van der Waals surface area contributed by atoms with E-state index in [1.54, 1.807) is 0 Å². The lowest BCUT2D eigenvalue weighted by Gasteiger charge is -2.26. The average molecular weight is 186 g/mol. The molecule has 0 spiro atoms. The molecule has 0 radical (unpaired) electrons. The lowest BCUT2D eigenvalue weighted by molar-refractivity contribution is 0.354. The topological polar surface area (TPSA) is 15.3 Å². The summed E-state index contributed by atoms with van der Waals surface area (Å²) in [5.41, 5.74) is 0. The van der Waals surface area contributed by atoms with Gasteiger partial charge in [0.1, 0.15) is 0 Å². The van der Waals surface area contributed by atoms with Crippen LogP contribution in [0.3, 0.4) is 0 Å². The number of rotatable bonds is 3. The Morgan fingerprint density at radius 3 is 2.50 bits per heavy atom. The molecular weight excluding hydrogens is 168 g/mol. The number of thiocarbonyl (C=S) groups is 1. The zero-order valence-electron chi connectivity index (χ0n) is 8.13. The third-order valence-corrected chi connectivity index (χ3v) is 2.46. The van der Waals surface area contributed by atoms with Crippen LogP contribution in [0.25, 0.3) is 0 Å². The molecule has 1 aliphatic carbocycles. The number of nitrogens with one attached hydrogen (secondary N) is 1. The molecule has 1 rings (SSSR count). The summed E-state index contributed by atoms with van der Waals surface area (Å²) in [6.45, 7) is 5.55. The first-order chi connectivity index (χ1) is 5.65. The molecular formula is C9H18N2S. The molecule has 1 saturated carbocycles. The van der Waals surface area contributed by atoms with Gasteiger partial charge in [0.2, 0.25) is 0 Å². The van der Waals surface area contributed by atoms with Crippen LogP contribution in [-0.2, 0) is 0 Å². The Morgan fingerprint density at radius 1 is 1.58 bits per heavy atom. The fourth-order valence-corrected chi connectivity index (χ4v) is 1.54. The van der Waals surface area contributed by atoms with Crippen molar-refractivity contribution in [3.8, 4) is 0 Å². The van der Waals surface area contributed by atoms with Gasteiger partial charge >= 0.3 is 0 Å². The van der Waals surface area contributed by atoms with E-state index in [4.69, 9.17) is 12.2 Å². The van der Waals surface area contributed by atoms with Crippen molar-refractivity contribution in [2.75, 3.05) is 13.6 Å². The lowest BCUT2D eigenvalue weighted by atomic mass is 10.2. The van der Waals surface area contributed by atoms with Crippen molar-refractivity contribution in [3.63, 3.8) is 0 Å². The molecule has 70 valence electrons. The summed E-state index contributed by atoms with van der Waals surface area (Å²) < 4.78 is 0. The van der Waals surface area contributed by atoms with Gasteiger partial charge in [0.15, 0.2) is 5.11 Å². The summed E-state index contributed by atoms with van der Waals surface area (Å²) >= 11 is 5.23. The van der Waals surface area contributed by atoms with Gasteiger partial charge in [-0.1, -0.05) is 13.8 Å². The highest BCUT2D eigenvalue weighted by Gasteiger charge is 2.30. The quantitative estimate of drug-likeness (QED) is 0.674. The summed E-state index contributed by atoms with van der Waals surface area (Å²) in [6.07, 6.45) is 2.63. The second-order valence-electron chi connectivity index (χ2n) is 3.83. The second-order valence-corrected chi connectivity index (χ2v) is 4.22. The first-order valence-electron chi connectivity index (χ1n) is 4.63. The van der Waals surface area contributed by atoms with E-state index in [1.165, 1.54) is 12.8 Å². The maximum atomic E-state index is 5.23. The van der Waals surface area contributed by atoms with Crippen molar-refractivity contribution in [1.82, 2.24) is 10.2 Å². The standard InChI is InChI=1S/C9H18N2S/c1-7(2)6-11(8-4-5-8)9(12)10-3/h7-8H,4-6H2,1-3H3,(H,10,12). The Labute approximate surface area is 80.3 Å². The van der Waals surface area contributed by atoms with Crippen LogP contribution >= 0.6 is 12.2 Å². The Kier molecular flexibility index (Phi) is 3.32. The molecule has 0 unspecified atom stereocenters. The summed E-state index contributed by atoms with van der Waals surface area (Å²) in [7, 11) is 1.90. The molecule has 0 saturated heterocycles. The number of nitrogens with zero attached hydrogens (tertiary/aromatic N) is 1. The van der Waals surface area contributed by atoms with E-state index in [-0.39, 0.29) is 0 Å². The van der Waals surface area contributed by atoms with Gasteiger partial charge in [0, 0.05) is 19.6 Å². The minimum absolute atomic E-state index is 0.692. The Bertz CT molecular complexity index is 164. The van der Waals surface area contributed by atoms with Crippen molar-refractivity contribution < 1.29 is 0 Å². The zero-order valence-corrected chi connectivity index (χ0v) is 8.95. The molecule has 2 nitrogen and oxygen atoms in total. The van der Waals surface area contributed by atoms with Crippen molar-refractivity contribution in [2.24, 2.45) is 5.92 Å². The molecule has 3 heteroatoms. The molecule has 1 N–H and O–H groups in total. The van der Waals surface area contributed by atoms with Crippen LogP contribution in [0, 0.1) is 5.92 Å². The van der Waals surface area contributed by atoms with E-state index in [9.17, 15) is 0 Å². The van der Waals surface area contributed by atoms with E-state index < -0.39 is 0 Å². The zero-order chi connectivity index (χ0) is 9.14. The van der Waals surface area contributed by atoms with Crippen LogP contribution in [0.5, 0.6) is 0 Å². The van der Waals surface area contributed by atoms with Gasteiger partial charge in [-0.15, -0.1) is 0 Å². The van der Waals surface area contributed by atoms with E-state index in [2.05, 4.69) is 24.1 Å². The smallest absolute Gasteiger partial charge is 0.168 e. The van der Waals surface area contributed by atoms with Gasteiger partial charge in [0.25, 0.3) is 0 Å². The van der Waals surface area contributed by atoms with Gasteiger partial charge in [-0.2, -0.15) is 0 Å². The maximum Gasteiger partial charge on any atom is 0.168 e. The summed E-state index contributed by atoms with van der Waals surface area (Å²) in [5, 5.41) is 3.96. The van der Waals surface area contributed by atoms with Crippen LogP contribution in [0.4, 0.5) is 0 Å². The Balaban J connectivity index is 2.42. The van der Waals surface area contributed by atoms with Crippen LogP contribution in [0.15, 0.2) is 0 Å². The minimum atomic E-state index is 0.692. The second kappa shape index (κ2) is 4.08. The molecule has 1 aliphatic rings. The SMILES string of the molecule is CNC(=S)N(CC(C)C)C1CC1. The Hall–Kier alpha value is -0.310. The summed E-state index contributed by atoms with van der Waals surface area (Å²) in [5.74, 6) is 0.692. The van der Waals surface area contributed by atoms with E-state index in [1.807, 2.05) is 7.05 Å². The first kappa shape index (κ1) is 9.78. The third kappa shape index (κ3) is 2.63. The highest BCUT2D eigenvalue weighted by atomic mass is 32.1. The predicted octanol–water partition coefficient (Wildman–Crippen LogP) is 1.61. The van der Waals surface area contributed by atoms with E-state index in [0.717, 1.165) is 17.7 Å². The summed E-state index contributed by atoms with van der Waals surface area (Å²) in [4.78, 5) is 2.32. The van der Waals surface area contributed by atoms with Crippen molar-refractivity contribution in [2.45, 2.75) is 32.7 Å². The lowest BCUT2D eigenvalue weighted by Crippen LogP contribution is -2.41. The fraction of sp³-hybridized carbons (Fsp3) is 0.889. The molecule has 0 aromatic heterocycles. The molecule has 1 fully saturated rings. The minimum Gasteiger partial charge on any atom is -0.366 e. The molecule has 0 bridgehead atoms. The maximum absolute atomic E-state index is 5.23. The van der Waals surface area contributed by atoms with E-state index in [0.29, 0.717) is 5.92 Å². The van der Waals surface area contributed by atoms with Gasteiger partial charge in [0.05, 0.1) is 0 Å². The largest absolute Gasteiger partial charge is 0.366 e. The van der Waals surface area contributed by atoms with Crippen molar-refractivity contribution in [1.29, 1.82) is 0 Å². The van der Waals surface area contributed by atoms with Crippen LogP contribution < -0.4 is 5.32 Å². The Morgan fingerprint density at radius 2 is 2.17 bits per heavy atom. The first-order valence-corrected chi connectivity index (χ1v) is 5.04. The molecule has 0 aromatic rings. The van der Waals surface area contributed by atoms with E-state index >= 15 is 0 Å². The molecule has 0 aliphatic heterocycles. The molecule has 0 amide bonds. The monoisotopic (exact) mass is 186 g/mol. The predicted molar refractivity (Wildman–Crippen MR) is 56.2 cm³/mol.